The fourth-order valence-corrected chi connectivity index (χ4v) is 3.15. The summed E-state index contributed by atoms with van der Waals surface area (Å²) in [7, 11) is 0. The Morgan fingerprint density at radius 2 is 1.71 bits per heavy atom. The predicted octanol–water partition coefficient (Wildman–Crippen LogP) is 5.92. The molecule has 0 radical (unpaired) electrons. The van der Waals surface area contributed by atoms with Crippen molar-refractivity contribution in [1.82, 2.24) is 0 Å². The topological polar surface area (TPSA) is 50.1 Å². The van der Waals surface area contributed by atoms with Gasteiger partial charge < -0.3 is 4.74 Å². The van der Waals surface area contributed by atoms with Gasteiger partial charge in [-0.3, -0.25) is 4.79 Å². The van der Waals surface area contributed by atoms with Gasteiger partial charge in [0.2, 0.25) is 0 Å². The Morgan fingerprint density at radius 1 is 0.964 bits per heavy atom. The van der Waals surface area contributed by atoms with Crippen molar-refractivity contribution >= 4 is 18.4 Å². The van der Waals surface area contributed by atoms with Crippen LogP contribution in [0.3, 0.4) is 0 Å². The molecule has 3 rings (SSSR count). The van der Waals surface area contributed by atoms with E-state index < -0.39 is 0 Å². The molecule has 0 bridgehead atoms. The third kappa shape index (κ3) is 4.02. The lowest BCUT2D eigenvalue weighted by Gasteiger charge is -2.10. The standard InChI is InChI=1S/C25H21NO2/c1-3-28-25-15-21(18(2)14-22(25)17-27)13-12-20-10-7-11-23(24(20)16-26)19-8-5-4-6-9-19/h4-15,17H,3H2,1-2H3/b13-12+. The first-order chi connectivity index (χ1) is 13.7. The molecule has 0 aromatic heterocycles. The minimum Gasteiger partial charge on any atom is -0.493 e. The van der Waals surface area contributed by atoms with Gasteiger partial charge in [-0.1, -0.05) is 60.7 Å². The average Bonchev–Trinajstić information content (AvgIpc) is 2.74. The maximum Gasteiger partial charge on any atom is 0.153 e. The number of aryl methyl sites for hydroxylation is 1. The maximum absolute atomic E-state index is 11.3. The second-order valence-corrected chi connectivity index (χ2v) is 6.38. The van der Waals surface area contributed by atoms with E-state index >= 15 is 0 Å². The molecule has 3 aromatic rings. The molecule has 0 saturated heterocycles. The Hall–Kier alpha value is -3.64. The minimum absolute atomic E-state index is 0.491. The summed E-state index contributed by atoms with van der Waals surface area (Å²) >= 11 is 0. The van der Waals surface area contributed by atoms with Crippen LogP contribution in [0.15, 0.2) is 60.7 Å². The van der Waals surface area contributed by atoms with Crippen LogP contribution in [0.2, 0.25) is 0 Å². The summed E-state index contributed by atoms with van der Waals surface area (Å²) in [6.07, 6.45) is 4.70. The van der Waals surface area contributed by atoms with Gasteiger partial charge in [-0.2, -0.15) is 5.26 Å². The molecule has 0 N–H and O–H groups in total. The van der Waals surface area contributed by atoms with Crippen LogP contribution in [0, 0.1) is 18.3 Å². The van der Waals surface area contributed by atoms with Gasteiger partial charge in [0.15, 0.2) is 6.29 Å². The van der Waals surface area contributed by atoms with Gasteiger partial charge in [0.25, 0.3) is 0 Å². The van der Waals surface area contributed by atoms with Crippen LogP contribution < -0.4 is 4.74 Å². The lowest BCUT2D eigenvalue weighted by molar-refractivity contribution is 0.111. The second kappa shape index (κ2) is 8.83. The van der Waals surface area contributed by atoms with Gasteiger partial charge in [0.1, 0.15) is 11.8 Å². The summed E-state index contributed by atoms with van der Waals surface area (Å²) in [4.78, 5) is 11.3. The zero-order valence-corrected chi connectivity index (χ0v) is 16.0. The molecule has 3 nitrogen and oxygen atoms in total. The highest BCUT2D eigenvalue weighted by atomic mass is 16.5. The van der Waals surface area contributed by atoms with Crippen molar-refractivity contribution in [2.45, 2.75) is 13.8 Å². The van der Waals surface area contributed by atoms with Crippen LogP contribution in [-0.4, -0.2) is 12.9 Å². The van der Waals surface area contributed by atoms with Crippen molar-refractivity contribution < 1.29 is 9.53 Å². The van der Waals surface area contributed by atoms with E-state index in [1.807, 2.05) is 86.7 Å². The second-order valence-electron chi connectivity index (χ2n) is 6.38. The summed E-state index contributed by atoms with van der Waals surface area (Å²) in [5.41, 5.74) is 5.87. The fraction of sp³-hybridized carbons (Fsp3) is 0.120. The molecule has 3 aromatic carbocycles. The Morgan fingerprint density at radius 3 is 2.39 bits per heavy atom. The van der Waals surface area contributed by atoms with Crippen LogP contribution >= 0.6 is 0 Å². The number of nitriles is 1. The molecule has 28 heavy (non-hydrogen) atoms. The smallest absolute Gasteiger partial charge is 0.153 e. The number of hydrogen-bond acceptors (Lipinski definition) is 3. The highest BCUT2D eigenvalue weighted by Crippen LogP contribution is 2.28. The maximum atomic E-state index is 11.3. The molecule has 0 spiro atoms. The van der Waals surface area contributed by atoms with Gasteiger partial charge in [-0.15, -0.1) is 0 Å². The third-order valence-electron chi connectivity index (χ3n) is 4.56. The summed E-state index contributed by atoms with van der Waals surface area (Å²) in [6, 6.07) is 21.8. The predicted molar refractivity (Wildman–Crippen MR) is 113 cm³/mol. The van der Waals surface area contributed by atoms with Crippen molar-refractivity contribution in [1.29, 1.82) is 5.26 Å². The quantitative estimate of drug-likeness (QED) is 0.402. The number of rotatable bonds is 6. The van der Waals surface area contributed by atoms with Gasteiger partial charge >= 0.3 is 0 Å². The first kappa shape index (κ1) is 19.1. The molecule has 0 aliphatic carbocycles. The Bertz CT molecular complexity index is 1060. The number of benzene rings is 3. The van der Waals surface area contributed by atoms with E-state index in [9.17, 15) is 10.1 Å². The largest absolute Gasteiger partial charge is 0.493 e. The van der Waals surface area contributed by atoms with E-state index in [0.29, 0.717) is 23.5 Å². The molecular formula is C25H21NO2. The number of hydrogen-bond donors (Lipinski definition) is 0. The lowest BCUT2D eigenvalue weighted by atomic mass is 9.95. The zero-order valence-electron chi connectivity index (χ0n) is 16.0. The van der Waals surface area contributed by atoms with Crippen LogP contribution in [-0.2, 0) is 0 Å². The van der Waals surface area contributed by atoms with Gasteiger partial charge in [-0.25, -0.2) is 0 Å². The average molecular weight is 367 g/mol. The molecule has 0 amide bonds. The van der Waals surface area contributed by atoms with Gasteiger partial charge in [0, 0.05) is 5.56 Å². The van der Waals surface area contributed by atoms with Crippen LogP contribution in [0.4, 0.5) is 0 Å². The normalized spacial score (nSPS) is 10.6. The van der Waals surface area contributed by atoms with Crippen molar-refractivity contribution in [3.05, 3.63) is 88.5 Å². The van der Waals surface area contributed by atoms with Gasteiger partial charge in [-0.05, 0) is 48.2 Å². The van der Waals surface area contributed by atoms with Gasteiger partial charge in [0.05, 0.1) is 17.7 Å². The molecule has 0 saturated carbocycles. The molecule has 0 heterocycles. The monoisotopic (exact) mass is 367 g/mol. The Kier molecular flexibility index (Phi) is 6.04. The number of nitrogens with zero attached hydrogens (tertiary/aromatic N) is 1. The SMILES string of the molecule is CCOc1cc(/C=C/c2cccc(-c3ccccc3)c2C#N)c(C)cc1C=O. The number of ether oxygens (including phenoxy) is 1. The summed E-state index contributed by atoms with van der Waals surface area (Å²) in [5, 5.41) is 9.75. The highest BCUT2D eigenvalue weighted by Gasteiger charge is 2.09. The molecular weight excluding hydrogens is 346 g/mol. The first-order valence-corrected chi connectivity index (χ1v) is 9.17. The molecule has 0 fully saturated rings. The molecule has 0 atom stereocenters. The van der Waals surface area contributed by atoms with E-state index in [4.69, 9.17) is 4.74 Å². The van der Waals surface area contributed by atoms with Crippen molar-refractivity contribution in [2.24, 2.45) is 0 Å². The van der Waals surface area contributed by atoms with E-state index in [-0.39, 0.29) is 0 Å². The van der Waals surface area contributed by atoms with Crippen molar-refractivity contribution in [3.63, 3.8) is 0 Å². The zero-order chi connectivity index (χ0) is 19.9. The first-order valence-electron chi connectivity index (χ1n) is 9.17. The molecule has 0 aliphatic rings. The molecule has 0 aliphatic heterocycles. The van der Waals surface area contributed by atoms with E-state index in [1.54, 1.807) is 0 Å². The molecule has 0 unspecified atom stereocenters. The van der Waals surface area contributed by atoms with E-state index in [2.05, 4.69) is 6.07 Å². The van der Waals surface area contributed by atoms with Crippen molar-refractivity contribution in [2.75, 3.05) is 6.61 Å². The Labute approximate surface area is 165 Å². The number of carbonyl (C=O) groups excluding carboxylic acids is 1. The summed E-state index contributed by atoms with van der Waals surface area (Å²) < 4.78 is 5.58. The Balaban J connectivity index is 2.03. The van der Waals surface area contributed by atoms with E-state index in [0.717, 1.165) is 34.1 Å². The third-order valence-corrected chi connectivity index (χ3v) is 4.56. The van der Waals surface area contributed by atoms with Crippen LogP contribution in [0.1, 0.15) is 39.5 Å². The summed E-state index contributed by atoms with van der Waals surface area (Å²) in [6.45, 7) is 4.33. The number of aldehydes is 1. The highest BCUT2D eigenvalue weighted by molar-refractivity contribution is 5.84. The molecule has 138 valence electrons. The van der Waals surface area contributed by atoms with Crippen LogP contribution in [0.25, 0.3) is 23.3 Å². The number of carbonyl (C=O) groups is 1. The molecule has 3 heteroatoms. The van der Waals surface area contributed by atoms with E-state index in [1.165, 1.54) is 0 Å². The fourth-order valence-electron chi connectivity index (χ4n) is 3.15. The summed E-state index contributed by atoms with van der Waals surface area (Å²) in [5.74, 6) is 0.571. The van der Waals surface area contributed by atoms with Crippen molar-refractivity contribution in [3.8, 4) is 22.9 Å². The minimum atomic E-state index is 0.491. The van der Waals surface area contributed by atoms with Crippen LogP contribution in [0.5, 0.6) is 5.75 Å². The lowest BCUT2D eigenvalue weighted by Crippen LogP contribution is -1.98.